The maximum absolute atomic E-state index is 12.2. The van der Waals surface area contributed by atoms with E-state index in [1.165, 1.54) is 11.3 Å². The van der Waals surface area contributed by atoms with Gasteiger partial charge in [0, 0.05) is 10.9 Å². The van der Waals surface area contributed by atoms with Gasteiger partial charge in [-0.2, -0.15) is 5.26 Å². The van der Waals surface area contributed by atoms with Gasteiger partial charge in [0.15, 0.2) is 5.13 Å². The molecule has 1 aromatic heterocycles. The van der Waals surface area contributed by atoms with Crippen LogP contribution in [0.3, 0.4) is 0 Å². The Balaban J connectivity index is 1.98. The van der Waals surface area contributed by atoms with E-state index in [1.807, 2.05) is 55.6 Å². The Morgan fingerprint density at radius 2 is 2.00 bits per heavy atom. The van der Waals surface area contributed by atoms with Crippen LogP contribution in [0.5, 0.6) is 0 Å². The molecular weight excluding hydrogens is 350 g/mol. The van der Waals surface area contributed by atoms with E-state index < -0.39 is 12.1 Å². The van der Waals surface area contributed by atoms with Crippen molar-refractivity contribution in [1.82, 2.24) is 15.6 Å². The van der Waals surface area contributed by atoms with E-state index >= 15 is 0 Å². The van der Waals surface area contributed by atoms with Crippen LogP contribution in [-0.4, -0.2) is 29.5 Å². The van der Waals surface area contributed by atoms with Crippen LogP contribution in [-0.2, 0) is 4.79 Å². The summed E-state index contributed by atoms with van der Waals surface area (Å²) in [7, 11) is 0. The quantitative estimate of drug-likeness (QED) is 0.650. The third kappa shape index (κ3) is 5.86. The second-order valence-electron chi connectivity index (χ2n) is 6.06. The SMILES string of the molecule is CC(C)C[C@H](NC(=O)Nc1nc(-c2ccccc2)cs1)C(=O)NCC#N. The van der Waals surface area contributed by atoms with Crippen molar-refractivity contribution in [1.29, 1.82) is 5.26 Å². The summed E-state index contributed by atoms with van der Waals surface area (Å²) in [6, 6.07) is 10.3. The lowest BCUT2D eigenvalue weighted by molar-refractivity contribution is -0.123. The van der Waals surface area contributed by atoms with Gasteiger partial charge in [0.05, 0.1) is 11.8 Å². The van der Waals surface area contributed by atoms with Crippen molar-refractivity contribution in [2.24, 2.45) is 5.92 Å². The second-order valence-corrected chi connectivity index (χ2v) is 6.92. The van der Waals surface area contributed by atoms with Crippen molar-refractivity contribution >= 4 is 28.4 Å². The molecule has 1 heterocycles. The molecule has 7 nitrogen and oxygen atoms in total. The number of aromatic nitrogens is 1. The number of carbonyl (C=O) groups excluding carboxylic acids is 2. The van der Waals surface area contributed by atoms with Crippen molar-refractivity contribution < 1.29 is 9.59 Å². The third-order valence-electron chi connectivity index (χ3n) is 3.46. The van der Waals surface area contributed by atoms with Gasteiger partial charge in [0.2, 0.25) is 5.91 Å². The highest BCUT2D eigenvalue weighted by molar-refractivity contribution is 7.14. The Labute approximate surface area is 156 Å². The number of anilines is 1. The topological polar surface area (TPSA) is 107 Å². The van der Waals surface area contributed by atoms with Gasteiger partial charge < -0.3 is 10.6 Å². The zero-order chi connectivity index (χ0) is 18.9. The number of thiazole rings is 1. The van der Waals surface area contributed by atoms with Crippen LogP contribution in [0.2, 0.25) is 0 Å². The summed E-state index contributed by atoms with van der Waals surface area (Å²) in [4.78, 5) is 28.7. The third-order valence-corrected chi connectivity index (χ3v) is 4.22. The summed E-state index contributed by atoms with van der Waals surface area (Å²) in [5, 5.41) is 18.7. The van der Waals surface area contributed by atoms with Gasteiger partial charge in [-0.25, -0.2) is 9.78 Å². The number of hydrogen-bond acceptors (Lipinski definition) is 5. The van der Waals surface area contributed by atoms with Crippen molar-refractivity contribution in [2.75, 3.05) is 11.9 Å². The van der Waals surface area contributed by atoms with Crippen LogP contribution < -0.4 is 16.0 Å². The van der Waals surface area contributed by atoms with E-state index in [4.69, 9.17) is 5.26 Å². The molecule has 0 unspecified atom stereocenters. The molecule has 26 heavy (non-hydrogen) atoms. The predicted molar refractivity (Wildman–Crippen MR) is 102 cm³/mol. The molecule has 0 saturated heterocycles. The molecule has 8 heteroatoms. The van der Waals surface area contributed by atoms with Crippen LogP contribution in [0.4, 0.5) is 9.93 Å². The fourth-order valence-corrected chi connectivity index (χ4v) is 3.03. The highest BCUT2D eigenvalue weighted by Crippen LogP contribution is 2.24. The van der Waals surface area contributed by atoms with Crippen LogP contribution in [0, 0.1) is 17.2 Å². The van der Waals surface area contributed by atoms with Gasteiger partial charge in [0.25, 0.3) is 0 Å². The minimum atomic E-state index is -0.711. The molecule has 0 aliphatic rings. The van der Waals surface area contributed by atoms with Crippen molar-refractivity contribution in [3.05, 3.63) is 35.7 Å². The Kier molecular flexibility index (Phi) is 7.12. The largest absolute Gasteiger partial charge is 0.341 e. The zero-order valence-electron chi connectivity index (χ0n) is 14.7. The molecule has 0 spiro atoms. The van der Waals surface area contributed by atoms with Crippen molar-refractivity contribution in [3.63, 3.8) is 0 Å². The van der Waals surface area contributed by atoms with E-state index in [9.17, 15) is 9.59 Å². The Morgan fingerprint density at radius 1 is 1.27 bits per heavy atom. The molecule has 0 fully saturated rings. The number of hydrogen-bond donors (Lipinski definition) is 3. The summed E-state index contributed by atoms with van der Waals surface area (Å²) in [5.41, 5.74) is 1.74. The molecule has 2 aromatic rings. The van der Waals surface area contributed by atoms with Crippen LogP contribution >= 0.6 is 11.3 Å². The number of carbonyl (C=O) groups is 2. The number of amides is 3. The summed E-state index contributed by atoms with van der Waals surface area (Å²) < 4.78 is 0. The summed E-state index contributed by atoms with van der Waals surface area (Å²) >= 11 is 1.31. The molecule has 0 bridgehead atoms. The van der Waals surface area contributed by atoms with Gasteiger partial charge >= 0.3 is 6.03 Å². The summed E-state index contributed by atoms with van der Waals surface area (Å²) in [6.45, 7) is 3.82. The lowest BCUT2D eigenvalue weighted by Gasteiger charge is -2.19. The predicted octanol–water partition coefficient (Wildman–Crippen LogP) is 2.99. The summed E-state index contributed by atoms with van der Waals surface area (Å²) in [6.07, 6.45) is 0.470. The molecule has 1 atom stereocenters. The maximum Gasteiger partial charge on any atom is 0.321 e. The fraction of sp³-hybridized carbons (Fsp3) is 0.333. The van der Waals surface area contributed by atoms with Crippen LogP contribution in [0.25, 0.3) is 11.3 Å². The molecule has 0 radical (unpaired) electrons. The first kappa shape index (κ1) is 19.4. The van der Waals surface area contributed by atoms with Crippen molar-refractivity contribution in [2.45, 2.75) is 26.3 Å². The molecule has 3 amide bonds. The highest BCUT2D eigenvalue weighted by Gasteiger charge is 2.22. The number of nitriles is 1. The number of nitrogens with zero attached hydrogens (tertiary/aromatic N) is 2. The highest BCUT2D eigenvalue weighted by atomic mass is 32.1. The second kappa shape index (κ2) is 9.53. The Bertz CT molecular complexity index is 782. The van der Waals surface area contributed by atoms with Crippen molar-refractivity contribution in [3.8, 4) is 17.3 Å². The number of nitrogens with one attached hydrogen (secondary N) is 3. The number of benzene rings is 1. The lowest BCUT2D eigenvalue weighted by atomic mass is 10.0. The van der Waals surface area contributed by atoms with Gasteiger partial charge in [-0.3, -0.25) is 10.1 Å². The minimum absolute atomic E-state index is 0.0936. The van der Waals surface area contributed by atoms with E-state index in [-0.39, 0.29) is 18.4 Å². The van der Waals surface area contributed by atoms with E-state index in [0.717, 1.165) is 11.3 Å². The first-order valence-electron chi connectivity index (χ1n) is 8.22. The Hall–Kier alpha value is -2.92. The molecule has 0 aliphatic heterocycles. The van der Waals surface area contributed by atoms with E-state index in [2.05, 4.69) is 20.9 Å². The van der Waals surface area contributed by atoms with E-state index in [0.29, 0.717) is 11.6 Å². The smallest absolute Gasteiger partial charge is 0.321 e. The summed E-state index contributed by atoms with van der Waals surface area (Å²) in [5.74, 6) is -0.169. The minimum Gasteiger partial charge on any atom is -0.341 e. The average Bonchev–Trinajstić information content (AvgIpc) is 3.07. The average molecular weight is 371 g/mol. The van der Waals surface area contributed by atoms with Crippen LogP contribution in [0.1, 0.15) is 20.3 Å². The zero-order valence-corrected chi connectivity index (χ0v) is 15.5. The monoisotopic (exact) mass is 371 g/mol. The number of rotatable bonds is 7. The van der Waals surface area contributed by atoms with Gasteiger partial charge in [-0.05, 0) is 12.3 Å². The standard InChI is InChI=1S/C18H21N5O2S/c1-12(2)10-14(16(24)20-9-8-19)21-17(25)23-18-22-15(11-26-18)13-6-4-3-5-7-13/h3-7,11-12,14H,9-10H2,1-2H3,(H,20,24)(H2,21,22,23,25)/t14-/m0/s1. The number of urea groups is 1. The molecule has 3 N–H and O–H groups in total. The lowest BCUT2D eigenvalue weighted by Crippen LogP contribution is -2.48. The van der Waals surface area contributed by atoms with E-state index in [1.54, 1.807) is 0 Å². The van der Waals surface area contributed by atoms with Gasteiger partial charge in [-0.15, -0.1) is 11.3 Å². The molecule has 0 saturated carbocycles. The first-order valence-corrected chi connectivity index (χ1v) is 9.10. The normalized spacial score (nSPS) is 11.5. The maximum atomic E-state index is 12.2. The molecule has 2 rings (SSSR count). The fourth-order valence-electron chi connectivity index (χ4n) is 2.32. The van der Waals surface area contributed by atoms with Crippen LogP contribution in [0.15, 0.2) is 35.7 Å². The molecule has 1 aromatic carbocycles. The van der Waals surface area contributed by atoms with Gasteiger partial charge in [0.1, 0.15) is 12.6 Å². The molecule has 0 aliphatic carbocycles. The van der Waals surface area contributed by atoms with Gasteiger partial charge in [-0.1, -0.05) is 44.2 Å². The Morgan fingerprint density at radius 3 is 2.65 bits per heavy atom. The molecule has 136 valence electrons. The molecular formula is C18H21N5O2S. The first-order chi connectivity index (χ1) is 12.5.